The summed E-state index contributed by atoms with van der Waals surface area (Å²) in [4.78, 5) is 11.9. The molecule has 0 aliphatic rings. The Balaban J connectivity index is 2.52. The minimum Gasteiger partial charge on any atom is -0.352 e. The number of benzene rings is 1. The molecule has 0 heterocycles. The molecule has 94 valence electrons. The second kappa shape index (κ2) is 7.44. The van der Waals surface area contributed by atoms with Crippen LogP contribution < -0.4 is 5.32 Å². The van der Waals surface area contributed by atoms with E-state index >= 15 is 0 Å². The first-order valence-electron chi connectivity index (χ1n) is 5.30. The van der Waals surface area contributed by atoms with Crippen molar-refractivity contribution in [3.05, 3.63) is 32.7 Å². The van der Waals surface area contributed by atoms with Gasteiger partial charge in [0.25, 0.3) is 5.91 Å². The highest BCUT2D eigenvalue weighted by Gasteiger charge is 2.10. The summed E-state index contributed by atoms with van der Waals surface area (Å²) in [5.41, 5.74) is 0.671. The van der Waals surface area contributed by atoms with Gasteiger partial charge in [0.05, 0.1) is 5.56 Å². The number of thioether (sulfide) groups is 1. The normalized spacial score (nSPS) is 12.2. The average molecular weight is 381 g/mol. The Hall–Kier alpha value is -0.000000000000000111. The van der Waals surface area contributed by atoms with Gasteiger partial charge in [-0.05, 0) is 46.8 Å². The zero-order chi connectivity index (χ0) is 12.8. The van der Waals surface area contributed by atoms with Gasteiger partial charge in [0.1, 0.15) is 0 Å². The van der Waals surface area contributed by atoms with E-state index in [4.69, 9.17) is 0 Å². The molecule has 0 saturated carbocycles. The SMILES string of the molecule is CSC(C)CCNC(=O)c1ccc(Br)cc1Br. The van der Waals surface area contributed by atoms with Crippen LogP contribution in [0.4, 0.5) is 0 Å². The molecular formula is C12H15Br2NOS. The summed E-state index contributed by atoms with van der Waals surface area (Å²) in [5.74, 6) is -0.0299. The Morgan fingerprint density at radius 3 is 2.76 bits per heavy atom. The first kappa shape index (κ1) is 15.1. The summed E-state index contributed by atoms with van der Waals surface area (Å²) < 4.78 is 1.76. The smallest absolute Gasteiger partial charge is 0.252 e. The van der Waals surface area contributed by atoms with Crippen LogP contribution in [0.15, 0.2) is 27.1 Å². The van der Waals surface area contributed by atoms with Gasteiger partial charge in [-0.15, -0.1) is 0 Å². The minimum absolute atomic E-state index is 0.0299. The van der Waals surface area contributed by atoms with Gasteiger partial charge in [0.2, 0.25) is 0 Å². The lowest BCUT2D eigenvalue weighted by Gasteiger charge is -2.10. The molecule has 0 saturated heterocycles. The van der Waals surface area contributed by atoms with Crippen molar-refractivity contribution in [2.45, 2.75) is 18.6 Å². The number of halogens is 2. The molecule has 5 heteroatoms. The van der Waals surface area contributed by atoms with Crippen LogP contribution in [0.1, 0.15) is 23.7 Å². The van der Waals surface area contributed by atoms with Crippen LogP contribution in [0.3, 0.4) is 0 Å². The van der Waals surface area contributed by atoms with E-state index in [0.717, 1.165) is 15.4 Å². The van der Waals surface area contributed by atoms with Crippen LogP contribution in [0.2, 0.25) is 0 Å². The number of nitrogens with one attached hydrogen (secondary N) is 1. The highest BCUT2D eigenvalue weighted by molar-refractivity contribution is 9.11. The van der Waals surface area contributed by atoms with Crippen LogP contribution >= 0.6 is 43.6 Å². The number of amides is 1. The molecular weight excluding hydrogens is 366 g/mol. The Bertz CT molecular complexity index is 398. The molecule has 0 aliphatic heterocycles. The van der Waals surface area contributed by atoms with Crippen LogP contribution in [0.5, 0.6) is 0 Å². The molecule has 0 aliphatic carbocycles. The summed E-state index contributed by atoms with van der Waals surface area (Å²) in [5, 5.41) is 3.50. The number of hydrogen-bond donors (Lipinski definition) is 1. The van der Waals surface area contributed by atoms with Gasteiger partial charge >= 0.3 is 0 Å². The molecule has 0 fully saturated rings. The molecule has 1 unspecified atom stereocenters. The van der Waals surface area contributed by atoms with Crippen LogP contribution in [-0.2, 0) is 0 Å². The third-order valence-electron chi connectivity index (χ3n) is 2.41. The van der Waals surface area contributed by atoms with Gasteiger partial charge in [-0.25, -0.2) is 0 Å². The van der Waals surface area contributed by atoms with Crippen molar-refractivity contribution in [2.24, 2.45) is 0 Å². The van der Waals surface area contributed by atoms with Crippen molar-refractivity contribution in [3.8, 4) is 0 Å². The van der Waals surface area contributed by atoms with E-state index in [9.17, 15) is 4.79 Å². The molecule has 1 aromatic carbocycles. The molecule has 0 spiro atoms. The quantitative estimate of drug-likeness (QED) is 0.833. The number of carbonyl (C=O) groups excluding carboxylic acids is 1. The fourth-order valence-corrected chi connectivity index (χ4v) is 2.86. The number of carbonyl (C=O) groups is 1. The van der Waals surface area contributed by atoms with E-state index in [0.29, 0.717) is 17.4 Å². The largest absolute Gasteiger partial charge is 0.352 e. The summed E-state index contributed by atoms with van der Waals surface area (Å²) in [6.07, 6.45) is 3.07. The predicted octanol–water partition coefficient (Wildman–Crippen LogP) is 4.08. The Morgan fingerprint density at radius 1 is 1.47 bits per heavy atom. The maximum Gasteiger partial charge on any atom is 0.252 e. The first-order chi connectivity index (χ1) is 8.04. The van der Waals surface area contributed by atoms with Crippen LogP contribution in [0.25, 0.3) is 0 Å². The lowest BCUT2D eigenvalue weighted by molar-refractivity contribution is 0.0952. The van der Waals surface area contributed by atoms with Crippen molar-refractivity contribution in [1.82, 2.24) is 5.32 Å². The summed E-state index contributed by atoms with van der Waals surface area (Å²) >= 11 is 8.56. The fraction of sp³-hybridized carbons (Fsp3) is 0.417. The number of rotatable bonds is 5. The van der Waals surface area contributed by atoms with Crippen molar-refractivity contribution in [2.75, 3.05) is 12.8 Å². The molecule has 1 rings (SSSR count). The molecule has 0 bridgehead atoms. The number of hydrogen-bond acceptors (Lipinski definition) is 2. The summed E-state index contributed by atoms with van der Waals surface area (Å²) in [6, 6.07) is 5.55. The van der Waals surface area contributed by atoms with E-state index in [2.05, 4.69) is 50.4 Å². The van der Waals surface area contributed by atoms with Crippen molar-refractivity contribution < 1.29 is 4.79 Å². The Kier molecular flexibility index (Phi) is 6.59. The van der Waals surface area contributed by atoms with E-state index in [1.54, 1.807) is 0 Å². The van der Waals surface area contributed by atoms with Crippen molar-refractivity contribution in [1.29, 1.82) is 0 Å². The van der Waals surface area contributed by atoms with Gasteiger partial charge < -0.3 is 5.32 Å². The van der Waals surface area contributed by atoms with E-state index in [-0.39, 0.29) is 5.91 Å². The molecule has 1 amide bonds. The third-order valence-corrected chi connectivity index (χ3v) is 4.60. The summed E-state index contributed by atoms with van der Waals surface area (Å²) in [7, 11) is 0. The third kappa shape index (κ3) is 5.02. The average Bonchev–Trinajstić information content (AvgIpc) is 2.28. The molecule has 2 nitrogen and oxygen atoms in total. The molecule has 1 atom stereocenters. The lowest BCUT2D eigenvalue weighted by Crippen LogP contribution is -2.26. The Morgan fingerprint density at radius 2 is 2.18 bits per heavy atom. The zero-order valence-corrected chi connectivity index (χ0v) is 13.8. The standard InChI is InChI=1S/C12H15Br2NOS/c1-8(17-2)5-6-15-12(16)10-4-3-9(13)7-11(10)14/h3-4,7-8H,5-6H2,1-2H3,(H,15,16). The van der Waals surface area contributed by atoms with E-state index in [1.165, 1.54) is 0 Å². The van der Waals surface area contributed by atoms with E-state index < -0.39 is 0 Å². The van der Waals surface area contributed by atoms with Crippen molar-refractivity contribution >= 4 is 49.5 Å². The van der Waals surface area contributed by atoms with E-state index in [1.807, 2.05) is 30.0 Å². The maximum absolute atomic E-state index is 11.9. The van der Waals surface area contributed by atoms with Gasteiger partial charge in [-0.3, -0.25) is 4.79 Å². The molecule has 0 aromatic heterocycles. The van der Waals surface area contributed by atoms with Gasteiger partial charge in [-0.2, -0.15) is 11.8 Å². The monoisotopic (exact) mass is 379 g/mol. The highest BCUT2D eigenvalue weighted by atomic mass is 79.9. The van der Waals surface area contributed by atoms with Crippen LogP contribution in [-0.4, -0.2) is 24.0 Å². The molecule has 17 heavy (non-hydrogen) atoms. The highest BCUT2D eigenvalue weighted by Crippen LogP contribution is 2.21. The second-order valence-corrected chi connectivity index (χ2v) is 6.76. The summed E-state index contributed by atoms with van der Waals surface area (Å²) in [6.45, 7) is 2.87. The fourth-order valence-electron chi connectivity index (χ4n) is 1.28. The Labute approximate surface area is 123 Å². The van der Waals surface area contributed by atoms with Crippen LogP contribution in [0, 0.1) is 0 Å². The molecule has 1 aromatic rings. The zero-order valence-electron chi connectivity index (χ0n) is 9.80. The lowest BCUT2D eigenvalue weighted by atomic mass is 10.2. The second-order valence-electron chi connectivity index (χ2n) is 3.72. The molecule has 0 radical (unpaired) electrons. The van der Waals surface area contributed by atoms with Gasteiger partial charge in [-0.1, -0.05) is 22.9 Å². The topological polar surface area (TPSA) is 29.1 Å². The minimum atomic E-state index is -0.0299. The van der Waals surface area contributed by atoms with Crippen molar-refractivity contribution in [3.63, 3.8) is 0 Å². The van der Waals surface area contributed by atoms with Gasteiger partial charge in [0.15, 0.2) is 0 Å². The van der Waals surface area contributed by atoms with Gasteiger partial charge in [0, 0.05) is 20.7 Å². The first-order valence-corrected chi connectivity index (χ1v) is 8.18. The predicted molar refractivity (Wildman–Crippen MR) is 81.8 cm³/mol. The maximum atomic E-state index is 11.9. The molecule has 1 N–H and O–H groups in total.